The third-order valence-electron chi connectivity index (χ3n) is 3.52. The molecule has 0 bridgehead atoms. The smallest absolute Gasteiger partial charge is 0.239 e. The van der Waals surface area contributed by atoms with Crippen LogP contribution in [0.25, 0.3) is 5.69 Å². The Bertz CT molecular complexity index is 771. The van der Waals surface area contributed by atoms with Crippen molar-refractivity contribution in [3.8, 4) is 5.69 Å². The van der Waals surface area contributed by atoms with Crippen LogP contribution in [0, 0.1) is 0 Å². The molecule has 0 aliphatic rings. The highest BCUT2D eigenvalue weighted by molar-refractivity contribution is 5.81. The van der Waals surface area contributed by atoms with E-state index in [0.717, 1.165) is 16.8 Å². The number of carbonyl (C=O) groups is 1. The average molecular weight is 307 g/mol. The highest BCUT2D eigenvalue weighted by atomic mass is 16.1. The first kappa shape index (κ1) is 14.9. The van der Waals surface area contributed by atoms with Gasteiger partial charge in [-0.25, -0.2) is 9.67 Å². The topological polar surface area (TPSA) is 85.8 Å². The maximum Gasteiger partial charge on any atom is 0.239 e. The number of rotatable bonds is 6. The Morgan fingerprint density at radius 3 is 2.70 bits per heavy atom. The number of aromatic nitrogens is 3. The molecule has 6 heteroatoms. The molecule has 0 radical (unpaired) electrons. The fraction of sp³-hybridized carbons (Fsp3) is 0.118. The minimum absolute atomic E-state index is 0.399. The van der Waals surface area contributed by atoms with E-state index in [9.17, 15) is 4.79 Å². The molecule has 0 saturated carbocycles. The molecule has 6 nitrogen and oxygen atoms in total. The summed E-state index contributed by atoms with van der Waals surface area (Å²) in [6.45, 7) is 0.519. The summed E-state index contributed by atoms with van der Waals surface area (Å²) in [7, 11) is 0. The van der Waals surface area contributed by atoms with Crippen LogP contribution in [-0.4, -0.2) is 20.7 Å². The van der Waals surface area contributed by atoms with E-state index in [4.69, 9.17) is 5.73 Å². The van der Waals surface area contributed by atoms with Gasteiger partial charge in [-0.2, -0.15) is 5.10 Å². The van der Waals surface area contributed by atoms with Crippen LogP contribution in [0.1, 0.15) is 17.2 Å². The molecule has 116 valence electrons. The molecule has 2 aromatic carbocycles. The number of hydrogen-bond acceptors (Lipinski definition) is 4. The van der Waals surface area contributed by atoms with E-state index in [0.29, 0.717) is 6.54 Å². The van der Waals surface area contributed by atoms with Crippen molar-refractivity contribution in [3.05, 3.63) is 78.4 Å². The second-order valence-corrected chi connectivity index (χ2v) is 5.14. The Balaban J connectivity index is 1.74. The zero-order valence-corrected chi connectivity index (χ0v) is 12.5. The van der Waals surface area contributed by atoms with Gasteiger partial charge < -0.3 is 5.73 Å². The Kier molecular flexibility index (Phi) is 4.44. The lowest BCUT2D eigenvalue weighted by atomic mass is 10.1. The zero-order valence-electron chi connectivity index (χ0n) is 12.5. The molecule has 0 aliphatic heterocycles. The predicted octanol–water partition coefficient (Wildman–Crippen LogP) is 1.58. The zero-order chi connectivity index (χ0) is 16.1. The van der Waals surface area contributed by atoms with Gasteiger partial charge in [-0.05, 0) is 23.3 Å². The van der Waals surface area contributed by atoms with Gasteiger partial charge in [-0.3, -0.25) is 10.1 Å². The lowest BCUT2D eigenvalue weighted by Crippen LogP contribution is -2.33. The van der Waals surface area contributed by atoms with Gasteiger partial charge >= 0.3 is 0 Å². The molecule has 0 unspecified atom stereocenters. The number of hydrogen-bond donors (Lipinski definition) is 2. The summed E-state index contributed by atoms with van der Waals surface area (Å²) in [5.74, 6) is -0.399. The van der Waals surface area contributed by atoms with Gasteiger partial charge in [0.25, 0.3) is 0 Å². The molecule has 0 fully saturated rings. The largest absolute Gasteiger partial charge is 0.368 e. The Hall–Kier alpha value is -2.99. The number of nitrogens with zero attached hydrogens (tertiary/aromatic N) is 3. The molecule has 0 saturated heterocycles. The van der Waals surface area contributed by atoms with Gasteiger partial charge in [0.15, 0.2) is 0 Å². The SMILES string of the molecule is NC(=O)[C@@H](NCc1cccc(-n2cncn2)c1)c1ccccc1. The van der Waals surface area contributed by atoms with Crippen molar-refractivity contribution in [2.24, 2.45) is 5.73 Å². The number of benzene rings is 2. The fourth-order valence-electron chi connectivity index (χ4n) is 2.40. The maximum absolute atomic E-state index is 11.7. The number of nitrogens with two attached hydrogens (primary N) is 1. The molecular formula is C17H17N5O. The van der Waals surface area contributed by atoms with Gasteiger partial charge in [0.1, 0.15) is 18.7 Å². The standard InChI is InChI=1S/C17H17N5O/c18-17(23)16(14-6-2-1-3-7-14)20-10-13-5-4-8-15(9-13)22-12-19-11-21-22/h1-9,11-12,16,20H,10H2,(H2,18,23)/t16-/m0/s1. The quantitative estimate of drug-likeness (QED) is 0.724. The summed E-state index contributed by atoms with van der Waals surface area (Å²) in [5, 5.41) is 7.31. The van der Waals surface area contributed by atoms with E-state index in [2.05, 4.69) is 15.4 Å². The predicted molar refractivity (Wildman–Crippen MR) is 86.6 cm³/mol. The van der Waals surface area contributed by atoms with Crippen LogP contribution >= 0.6 is 0 Å². The van der Waals surface area contributed by atoms with Gasteiger partial charge in [0.2, 0.25) is 5.91 Å². The molecule has 0 spiro atoms. The van der Waals surface area contributed by atoms with Gasteiger partial charge in [-0.1, -0.05) is 42.5 Å². The molecule has 0 aliphatic carbocycles. The lowest BCUT2D eigenvalue weighted by molar-refractivity contribution is -0.120. The normalized spacial score (nSPS) is 12.0. The molecule has 3 aromatic rings. The third-order valence-corrected chi connectivity index (χ3v) is 3.52. The van der Waals surface area contributed by atoms with E-state index in [-0.39, 0.29) is 0 Å². The summed E-state index contributed by atoms with van der Waals surface area (Å²) >= 11 is 0. The van der Waals surface area contributed by atoms with Crippen molar-refractivity contribution in [2.45, 2.75) is 12.6 Å². The number of nitrogens with one attached hydrogen (secondary N) is 1. The Morgan fingerprint density at radius 2 is 2.00 bits per heavy atom. The van der Waals surface area contributed by atoms with Crippen molar-refractivity contribution >= 4 is 5.91 Å². The summed E-state index contributed by atoms with van der Waals surface area (Å²) in [5.41, 5.74) is 8.31. The van der Waals surface area contributed by atoms with Crippen LogP contribution in [0.5, 0.6) is 0 Å². The summed E-state index contributed by atoms with van der Waals surface area (Å²) in [4.78, 5) is 15.7. The van der Waals surface area contributed by atoms with Crippen LogP contribution in [0.2, 0.25) is 0 Å². The van der Waals surface area contributed by atoms with Crippen molar-refractivity contribution in [1.29, 1.82) is 0 Å². The molecule has 3 N–H and O–H groups in total. The van der Waals surface area contributed by atoms with Crippen LogP contribution < -0.4 is 11.1 Å². The molecule has 1 aromatic heterocycles. The molecule has 23 heavy (non-hydrogen) atoms. The van der Waals surface area contributed by atoms with Crippen molar-refractivity contribution < 1.29 is 4.79 Å². The highest BCUT2D eigenvalue weighted by Crippen LogP contribution is 2.14. The summed E-state index contributed by atoms with van der Waals surface area (Å²) in [6, 6.07) is 16.8. The number of carbonyl (C=O) groups excluding carboxylic acids is 1. The fourth-order valence-corrected chi connectivity index (χ4v) is 2.40. The minimum atomic E-state index is -0.522. The van der Waals surface area contributed by atoms with E-state index in [1.54, 1.807) is 11.0 Å². The minimum Gasteiger partial charge on any atom is -0.368 e. The molecule has 3 rings (SSSR count). The van der Waals surface area contributed by atoms with Gasteiger partial charge in [-0.15, -0.1) is 0 Å². The highest BCUT2D eigenvalue weighted by Gasteiger charge is 2.16. The van der Waals surface area contributed by atoms with Gasteiger partial charge in [0.05, 0.1) is 5.69 Å². The van der Waals surface area contributed by atoms with Crippen molar-refractivity contribution in [1.82, 2.24) is 20.1 Å². The van der Waals surface area contributed by atoms with Crippen LogP contribution in [-0.2, 0) is 11.3 Å². The first-order valence-electron chi connectivity index (χ1n) is 7.25. The Labute approximate surface area is 134 Å². The first-order chi connectivity index (χ1) is 11.2. The van der Waals surface area contributed by atoms with Gasteiger partial charge in [0, 0.05) is 6.54 Å². The van der Waals surface area contributed by atoms with Crippen molar-refractivity contribution in [2.75, 3.05) is 0 Å². The van der Waals surface area contributed by atoms with E-state index >= 15 is 0 Å². The first-order valence-corrected chi connectivity index (χ1v) is 7.25. The van der Waals surface area contributed by atoms with Crippen molar-refractivity contribution in [3.63, 3.8) is 0 Å². The molecule has 1 atom stereocenters. The summed E-state index contributed by atoms with van der Waals surface area (Å²) < 4.78 is 1.69. The average Bonchev–Trinajstić information content (AvgIpc) is 3.11. The second-order valence-electron chi connectivity index (χ2n) is 5.14. The summed E-state index contributed by atoms with van der Waals surface area (Å²) in [6.07, 6.45) is 3.13. The maximum atomic E-state index is 11.7. The molecule has 1 amide bonds. The van der Waals surface area contributed by atoms with Crippen LogP contribution in [0.3, 0.4) is 0 Å². The van der Waals surface area contributed by atoms with Crippen LogP contribution in [0.4, 0.5) is 0 Å². The van der Waals surface area contributed by atoms with Crippen LogP contribution in [0.15, 0.2) is 67.3 Å². The lowest BCUT2D eigenvalue weighted by Gasteiger charge is -2.16. The second kappa shape index (κ2) is 6.85. The van der Waals surface area contributed by atoms with E-state index in [1.807, 2.05) is 54.6 Å². The monoisotopic (exact) mass is 307 g/mol. The molecule has 1 heterocycles. The van der Waals surface area contributed by atoms with E-state index < -0.39 is 11.9 Å². The number of primary amides is 1. The number of amides is 1. The van der Waals surface area contributed by atoms with E-state index in [1.165, 1.54) is 6.33 Å². The Morgan fingerprint density at radius 1 is 1.17 bits per heavy atom. The third kappa shape index (κ3) is 3.61. The molecular weight excluding hydrogens is 290 g/mol.